The SMILES string of the molecule is CCC1CC[C@H]2O[C@H]2C1. The van der Waals surface area contributed by atoms with Crippen LogP contribution in [0.4, 0.5) is 0 Å². The van der Waals surface area contributed by atoms with Gasteiger partial charge in [-0.2, -0.15) is 0 Å². The summed E-state index contributed by atoms with van der Waals surface area (Å²) in [5.41, 5.74) is 0. The van der Waals surface area contributed by atoms with Crippen molar-refractivity contribution >= 4 is 0 Å². The van der Waals surface area contributed by atoms with Gasteiger partial charge in [-0.1, -0.05) is 13.3 Å². The Bertz CT molecular complexity index is 111. The van der Waals surface area contributed by atoms with E-state index in [-0.39, 0.29) is 0 Å². The van der Waals surface area contributed by atoms with Crippen molar-refractivity contribution in [3.05, 3.63) is 0 Å². The number of fused-ring (bicyclic) bond motifs is 1. The predicted octanol–water partition coefficient (Wildman–Crippen LogP) is 1.96. The summed E-state index contributed by atoms with van der Waals surface area (Å²) in [7, 11) is 0. The largest absolute Gasteiger partial charge is 0.370 e. The van der Waals surface area contributed by atoms with Crippen molar-refractivity contribution in [2.24, 2.45) is 5.92 Å². The van der Waals surface area contributed by atoms with E-state index in [1.807, 2.05) is 0 Å². The number of epoxide rings is 1. The minimum atomic E-state index is 0.684. The van der Waals surface area contributed by atoms with E-state index in [1.54, 1.807) is 0 Å². The zero-order valence-electron chi connectivity index (χ0n) is 5.97. The summed E-state index contributed by atoms with van der Waals surface area (Å²) in [6.07, 6.45) is 6.82. The minimum absolute atomic E-state index is 0.684. The third-order valence-electron chi connectivity index (χ3n) is 2.69. The third kappa shape index (κ3) is 0.983. The first kappa shape index (κ1) is 5.72. The van der Waals surface area contributed by atoms with Crippen LogP contribution >= 0.6 is 0 Å². The van der Waals surface area contributed by atoms with Crippen molar-refractivity contribution in [2.75, 3.05) is 0 Å². The molecule has 0 aromatic rings. The van der Waals surface area contributed by atoms with Crippen LogP contribution in [0.3, 0.4) is 0 Å². The number of ether oxygens (including phenoxy) is 1. The second-order valence-electron chi connectivity index (χ2n) is 3.30. The molecule has 2 rings (SSSR count). The molecule has 1 unspecified atom stereocenters. The molecule has 0 spiro atoms. The summed E-state index contributed by atoms with van der Waals surface area (Å²) in [4.78, 5) is 0. The Morgan fingerprint density at radius 3 is 2.89 bits per heavy atom. The molecule has 52 valence electrons. The topological polar surface area (TPSA) is 12.5 Å². The zero-order chi connectivity index (χ0) is 6.27. The molecule has 9 heavy (non-hydrogen) atoms. The van der Waals surface area contributed by atoms with E-state index in [0.717, 1.165) is 5.92 Å². The van der Waals surface area contributed by atoms with Crippen molar-refractivity contribution in [1.29, 1.82) is 0 Å². The maximum absolute atomic E-state index is 5.41. The van der Waals surface area contributed by atoms with Crippen molar-refractivity contribution < 1.29 is 4.74 Å². The molecule has 0 amide bonds. The number of hydrogen-bond donors (Lipinski definition) is 0. The Hall–Kier alpha value is -0.0400. The van der Waals surface area contributed by atoms with Crippen molar-refractivity contribution in [3.63, 3.8) is 0 Å². The maximum Gasteiger partial charge on any atom is 0.0844 e. The van der Waals surface area contributed by atoms with Gasteiger partial charge in [0.25, 0.3) is 0 Å². The van der Waals surface area contributed by atoms with Gasteiger partial charge in [0, 0.05) is 0 Å². The lowest BCUT2D eigenvalue weighted by Gasteiger charge is -2.15. The zero-order valence-corrected chi connectivity index (χ0v) is 5.97. The van der Waals surface area contributed by atoms with Gasteiger partial charge in [-0.3, -0.25) is 0 Å². The van der Waals surface area contributed by atoms with Crippen LogP contribution in [-0.2, 0) is 4.74 Å². The van der Waals surface area contributed by atoms with Crippen LogP contribution in [0.2, 0.25) is 0 Å². The van der Waals surface area contributed by atoms with Gasteiger partial charge in [-0.05, 0) is 25.2 Å². The standard InChI is InChI=1S/C8H14O/c1-2-6-3-4-7-8(5-6)9-7/h6-8H,2-5H2,1H3/t6?,7-,8+/m1/s1. The second-order valence-corrected chi connectivity index (χ2v) is 3.30. The molecule has 0 aromatic heterocycles. The van der Waals surface area contributed by atoms with E-state index in [1.165, 1.54) is 25.7 Å². The molecule has 0 bridgehead atoms. The molecular formula is C8H14O. The van der Waals surface area contributed by atoms with Crippen molar-refractivity contribution in [3.8, 4) is 0 Å². The summed E-state index contributed by atoms with van der Waals surface area (Å²) in [5.74, 6) is 0.980. The minimum Gasteiger partial charge on any atom is -0.370 e. The molecule has 1 heterocycles. The third-order valence-corrected chi connectivity index (χ3v) is 2.69. The fourth-order valence-corrected chi connectivity index (χ4v) is 1.86. The van der Waals surface area contributed by atoms with Crippen LogP contribution in [0.1, 0.15) is 32.6 Å². The summed E-state index contributed by atoms with van der Waals surface area (Å²) in [5, 5.41) is 0. The van der Waals surface area contributed by atoms with Gasteiger partial charge in [-0.25, -0.2) is 0 Å². The quantitative estimate of drug-likeness (QED) is 0.489. The van der Waals surface area contributed by atoms with Gasteiger partial charge < -0.3 is 4.74 Å². The van der Waals surface area contributed by atoms with Gasteiger partial charge in [0.15, 0.2) is 0 Å². The van der Waals surface area contributed by atoms with E-state index in [2.05, 4.69) is 6.92 Å². The van der Waals surface area contributed by atoms with Crippen LogP contribution in [0.5, 0.6) is 0 Å². The Balaban J connectivity index is 1.86. The fourth-order valence-electron chi connectivity index (χ4n) is 1.86. The Morgan fingerprint density at radius 1 is 1.33 bits per heavy atom. The highest BCUT2D eigenvalue weighted by Gasteiger charge is 2.43. The van der Waals surface area contributed by atoms with Crippen molar-refractivity contribution in [1.82, 2.24) is 0 Å². The average molecular weight is 126 g/mol. The molecule has 2 aliphatic rings. The molecule has 1 aliphatic carbocycles. The van der Waals surface area contributed by atoms with Crippen LogP contribution in [0.25, 0.3) is 0 Å². The monoisotopic (exact) mass is 126 g/mol. The first-order valence-corrected chi connectivity index (χ1v) is 4.05. The number of hydrogen-bond acceptors (Lipinski definition) is 1. The highest BCUT2D eigenvalue weighted by atomic mass is 16.6. The summed E-state index contributed by atoms with van der Waals surface area (Å²) in [6.45, 7) is 2.29. The molecular weight excluding hydrogens is 112 g/mol. The summed E-state index contributed by atoms with van der Waals surface area (Å²) >= 11 is 0. The van der Waals surface area contributed by atoms with Gasteiger partial charge in [0.05, 0.1) is 12.2 Å². The van der Waals surface area contributed by atoms with E-state index in [0.29, 0.717) is 12.2 Å². The molecule has 1 heteroatoms. The lowest BCUT2D eigenvalue weighted by Crippen LogP contribution is -2.11. The van der Waals surface area contributed by atoms with E-state index >= 15 is 0 Å². The van der Waals surface area contributed by atoms with Crippen LogP contribution in [0.15, 0.2) is 0 Å². The van der Waals surface area contributed by atoms with Gasteiger partial charge in [0.1, 0.15) is 0 Å². The van der Waals surface area contributed by atoms with Gasteiger partial charge in [-0.15, -0.1) is 0 Å². The molecule has 3 atom stereocenters. The molecule has 0 aromatic carbocycles. The Kier molecular flexibility index (Phi) is 1.26. The van der Waals surface area contributed by atoms with Crippen LogP contribution in [0, 0.1) is 5.92 Å². The molecule has 0 N–H and O–H groups in total. The lowest BCUT2D eigenvalue weighted by atomic mass is 9.88. The molecule has 0 radical (unpaired) electrons. The van der Waals surface area contributed by atoms with E-state index in [4.69, 9.17) is 4.74 Å². The van der Waals surface area contributed by atoms with Crippen LogP contribution in [-0.4, -0.2) is 12.2 Å². The maximum atomic E-state index is 5.41. The second kappa shape index (κ2) is 1.98. The molecule has 1 saturated heterocycles. The highest BCUT2D eigenvalue weighted by molar-refractivity contribution is 4.91. The highest BCUT2D eigenvalue weighted by Crippen LogP contribution is 2.40. The van der Waals surface area contributed by atoms with Gasteiger partial charge in [0.2, 0.25) is 0 Å². The first-order chi connectivity index (χ1) is 4.40. The average Bonchev–Trinajstić information content (AvgIpc) is 2.64. The molecule has 1 saturated carbocycles. The molecule has 2 fully saturated rings. The van der Waals surface area contributed by atoms with Crippen molar-refractivity contribution in [2.45, 2.75) is 44.8 Å². The van der Waals surface area contributed by atoms with Crippen LogP contribution < -0.4 is 0 Å². The lowest BCUT2D eigenvalue weighted by molar-refractivity contribution is 0.357. The summed E-state index contributed by atoms with van der Waals surface area (Å²) < 4.78 is 5.41. The Labute approximate surface area is 56.4 Å². The molecule has 1 nitrogen and oxygen atoms in total. The fraction of sp³-hybridized carbons (Fsp3) is 1.00. The normalized spacial score (nSPS) is 48.3. The number of rotatable bonds is 1. The Morgan fingerprint density at radius 2 is 2.22 bits per heavy atom. The van der Waals surface area contributed by atoms with E-state index < -0.39 is 0 Å². The first-order valence-electron chi connectivity index (χ1n) is 4.05. The van der Waals surface area contributed by atoms with Gasteiger partial charge >= 0.3 is 0 Å². The smallest absolute Gasteiger partial charge is 0.0844 e. The molecule has 1 aliphatic heterocycles. The van der Waals surface area contributed by atoms with E-state index in [9.17, 15) is 0 Å². The summed E-state index contributed by atoms with van der Waals surface area (Å²) in [6, 6.07) is 0. The predicted molar refractivity (Wildman–Crippen MR) is 36.3 cm³/mol.